The molecular weight excluding hydrogens is 304 g/mol. The molecule has 2 nitrogen and oxygen atoms in total. The van der Waals surface area contributed by atoms with E-state index in [1.165, 1.54) is 6.42 Å². The Balaban J connectivity index is 2.21. The quantitative estimate of drug-likeness (QED) is 0.748. The van der Waals surface area contributed by atoms with E-state index in [1.54, 1.807) is 0 Å². The van der Waals surface area contributed by atoms with Gasteiger partial charge in [-0.15, -0.1) is 0 Å². The minimum absolute atomic E-state index is 0.234. The second-order valence-electron chi connectivity index (χ2n) is 5.92. The first-order valence-corrected chi connectivity index (χ1v) is 7.71. The van der Waals surface area contributed by atoms with Crippen molar-refractivity contribution < 1.29 is 9.53 Å². The third kappa shape index (κ3) is 3.59. The van der Waals surface area contributed by atoms with Crippen molar-refractivity contribution in [2.75, 3.05) is 0 Å². The van der Waals surface area contributed by atoms with Crippen LogP contribution < -0.4 is 4.74 Å². The SMILES string of the molecule is Cc1cc(Br)cc(C=O)c1OC1CC(C)CC(C)C1. The fraction of sp³-hybridized carbons (Fsp3) is 0.562. The Morgan fingerprint density at radius 2 is 1.84 bits per heavy atom. The van der Waals surface area contributed by atoms with Crippen LogP contribution in [-0.4, -0.2) is 12.4 Å². The van der Waals surface area contributed by atoms with Crippen molar-refractivity contribution in [2.45, 2.75) is 46.1 Å². The number of carbonyl (C=O) groups excluding carboxylic acids is 1. The van der Waals surface area contributed by atoms with Crippen LogP contribution in [0.25, 0.3) is 0 Å². The van der Waals surface area contributed by atoms with Gasteiger partial charge in [-0.1, -0.05) is 29.8 Å². The Morgan fingerprint density at radius 1 is 1.21 bits per heavy atom. The third-order valence-corrected chi connectivity index (χ3v) is 4.27. The van der Waals surface area contributed by atoms with Crippen molar-refractivity contribution in [2.24, 2.45) is 11.8 Å². The van der Waals surface area contributed by atoms with Gasteiger partial charge in [0.25, 0.3) is 0 Å². The lowest BCUT2D eigenvalue weighted by molar-refractivity contribution is 0.0974. The summed E-state index contributed by atoms with van der Waals surface area (Å²) in [6, 6.07) is 3.82. The highest BCUT2D eigenvalue weighted by Gasteiger charge is 2.26. The standard InChI is InChI=1S/C16H21BrO2/c1-10-4-11(2)6-15(5-10)19-16-12(3)7-14(17)8-13(16)9-18/h7-11,15H,4-6H2,1-3H3. The van der Waals surface area contributed by atoms with Gasteiger partial charge in [0.15, 0.2) is 6.29 Å². The minimum atomic E-state index is 0.234. The van der Waals surface area contributed by atoms with Crippen molar-refractivity contribution >= 4 is 22.2 Å². The summed E-state index contributed by atoms with van der Waals surface area (Å²) in [6.07, 6.45) is 4.55. The van der Waals surface area contributed by atoms with E-state index in [9.17, 15) is 4.79 Å². The van der Waals surface area contributed by atoms with Gasteiger partial charge < -0.3 is 4.74 Å². The number of aryl methyl sites for hydroxylation is 1. The summed E-state index contributed by atoms with van der Waals surface area (Å²) in [5, 5.41) is 0. The zero-order valence-electron chi connectivity index (χ0n) is 11.8. The molecule has 0 aliphatic heterocycles. The highest BCUT2D eigenvalue weighted by atomic mass is 79.9. The molecule has 0 saturated heterocycles. The van der Waals surface area contributed by atoms with E-state index < -0.39 is 0 Å². The molecule has 0 amide bonds. The largest absolute Gasteiger partial charge is 0.489 e. The van der Waals surface area contributed by atoms with E-state index in [0.717, 1.165) is 34.9 Å². The lowest BCUT2D eigenvalue weighted by atomic mass is 9.82. The molecule has 0 heterocycles. The number of hydrogen-bond acceptors (Lipinski definition) is 2. The molecule has 3 heteroatoms. The Hall–Kier alpha value is -0.830. The van der Waals surface area contributed by atoms with E-state index in [0.29, 0.717) is 17.4 Å². The highest BCUT2D eigenvalue weighted by molar-refractivity contribution is 9.10. The second kappa shape index (κ2) is 6.08. The van der Waals surface area contributed by atoms with Gasteiger partial charge in [0.1, 0.15) is 5.75 Å². The van der Waals surface area contributed by atoms with Crippen LogP contribution in [0.3, 0.4) is 0 Å². The van der Waals surface area contributed by atoms with Crippen LogP contribution in [-0.2, 0) is 0 Å². The summed E-state index contributed by atoms with van der Waals surface area (Å²) in [6.45, 7) is 6.55. The lowest BCUT2D eigenvalue weighted by Crippen LogP contribution is -2.29. The molecular formula is C16H21BrO2. The molecule has 2 unspecified atom stereocenters. The van der Waals surface area contributed by atoms with Gasteiger partial charge in [-0.2, -0.15) is 0 Å². The molecule has 1 aliphatic carbocycles. The van der Waals surface area contributed by atoms with Crippen LogP contribution in [0.5, 0.6) is 5.75 Å². The maximum Gasteiger partial charge on any atom is 0.153 e. The van der Waals surface area contributed by atoms with Crippen LogP contribution in [0, 0.1) is 18.8 Å². The Morgan fingerprint density at radius 3 is 2.42 bits per heavy atom. The van der Waals surface area contributed by atoms with E-state index in [4.69, 9.17) is 4.74 Å². The summed E-state index contributed by atoms with van der Waals surface area (Å²) in [4.78, 5) is 11.2. The average molecular weight is 325 g/mol. The van der Waals surface area contributed by atoms with E-state index >= 15 is 0 Å². The summed E-state index contributed by atoms with van der Waals surface area (Å²) in [7, 11) is 0. The Labute approximate surface area is 123 Å². The molecule has 2 atom stereocenters. The number of ether oxygens (including phenoxy) is 1. The fourth-order valence-electron chi connectivity index (χ4n) is 3.14. The molecule has 0 aromatic heterocycles. The van der Waals surface area contributed by atoms with Gasteiger partial charge >= 0.3 is 0 Å². The smallest absolute Gasteiger partial charge is 0.153 e. The molecule has 2 rings (SSSR count). The van der Waals surface area contributed by atoms with Gasteiger partial charge in [-0.25, -0.2) is 0 Å². The van der Waals surface area contributed by atoms with Gasteiger partial charge in [-0.3, -0.25) is 4.79 Å². The topological polar surface area (TPSA) is 26.3 Å². The monoisotopic (exact) mass is 324 g/mol. The van der Waals surface area contributed by atoms with Gasteiger partial charge in [0.2, 0.25) is 0 Å². The first-order valence-electron chi connectivity index (χ1n) is 6.91. The predicted molar refractivity (Wildman–Crippen MR) is 80.9 cm³/mol. The van der Waals surface area contributed by atoms with Crippen molar-refractivity contribution in [1.82, 2.24) is 0 Å². The first-order chi connectivity index (χ1) is 8.99. The molecule has 1 fully saturated rings. The van der Waals surface area contributed by atoms with Crippen LogP contribution >= 0.6 is 15.9 Å². The molecule has 104 valence electrons. The zero-order chi connectivity index (χ0) is 14.0. The normalized spacial score (nSPS) is 27.1. The number of hydrogen-bond donors (Lipinski definition) is 0. The number of aldehydes is 1. The average Bonchev–Trinajstić information content (AvgIpc) is 2.31. The Kier molecular flexibility index (Phi) is 4.67. The summed E-state index contributed by atoms with van der Waals surface area (Å²) < 4.78 is 7.07. The number of halogens is 1. The fourth-order valence-corrected chi connectivity index (χ4v) is 3.73. The van der Waals surface area contributed by atoms with E-state index in [2.05, 4.69) is 29.8 Å². The molecule has 0 spiro atoms. The molecule has 0 radical (unpaired) electrons. The molecule has 1 aromatic rings. The maximum atomic E-state index is 11.2. The van der Waals surface area contributed by atoms with E-state index in [1.807, 2.05) is 19.1 Å². The van der Waals surface area contributed by atoms with Crippen LogP contribution in [0.2, 0.25) is 0 Å². The number of rotatable bonds is 3. The molecule has 0 bridgehead atoms. The molecule has 1 saturated carbocycles. The summed E-state index contributed by atoms with van der Waals surface area (Å²) in [5.74, 6) is 2.15. The lowest BCUT2D eigenvalue weighted by Gasteiger charge is -2.32. The molecule has 1 aliphatic rings. The van der Waals surface area contributed by atoms with Crippen LogP contribution in [0.15, 0.2) is 16.6 Å². The van der Waals surface area contributed by atoms with Crippen molar-refractivity contribution in [3.63, 3.8) is 0 Å². The highest BCUT2D eigenvalue weighted by Crippen LogP contribution is 2.34. The number of carbonyl (C=O) groups is 1. The summed E-state index contributed by atoms with van der Waals surface area (Å²) in [5.41, 5.74) is 1.65. The predicted octanol–water partition coefficient (Wildman–Crippen LogP) is 4.77. The van der Waals surface area contributed by atoms with Gasteiger partial charge in [0, 0.05) is 4.47 Å². The van der Waals surface area contributed by atoms with Gasteiger partial charge in [-0.05, 0) is 55.7 Å². The third-order valence-electron chi connectivity index (χ3n) is 3.81. The summed E-state index contributed by atoms with van der Waals surface area (Å²) >= 11 is 3.42. The van der Waals surface area contributed by atoms with Crippen LogP contribution in [0.4, 0.5) is 0 Å². The van der Waals surface area contributed by atoms with Crippen molar-refractivity contribution in [3.05, 3.63) is 27.7 Å². The van der Waals surface area contributed by atoms with Crippen molar-refractivity contribution in [3.8, 4) is 5.75 Å². The van der Waals surface area contributed by atoms with Gasteiger partial charge in [0.05, 0.1) is 11.7 Å². The second-order valence-corrected chi connectivity index (χ2v) is 6.83. The van der Waals surface area contributed by atoms with Crippen molar-refractivity contribution in [1.29, 1.82) is 0 Å². The Bertz CT molecular complexity index is 460. The van der Waals surface area contributed by atoms with Crippen LogP contribution in [0.1, 0.15) is 49.0 Å². The maximum absolute atomic E-state index is 11.2. The van der Waals surface area contributed by atoms with E-state index in [-0.39, 0.29) is 6.10 Å². The minimum Gasteiger partial charge on any atom is -0.489 e. The molecule has 1 aromatic carbocycles. The zero-order valence-corrected chi connectivity index (χ0v) is 13.4. The number of benzene rings is 1. The first kappa shape index (κ1) is 14.6. The molecule has 0 N–H and O–H groups in total. The molecule has 19 heavy (non-hydrogen) atoms.